The fraction of sp³-hybridized carbons (Fsp3) is 0.500. The molecule has 2 aromatic rings. The van der Waals surface area contributed by atoms with Gasteiger partial charge in [-0.2, -0.15) is 5.10 Å². The quantitative estimate of drug-likeness (QED) is 0.877. The second-order valence-electron chi connectivity index (χ2n) is 5.10. The topological polar surface area (TPSA) is 42.7 Å². The smallest absolute Gasteiger partial charge is 0.131 e. The predicted octanol–water partition coefficient (Wildman–Crippen LogP) is 3.33. The lowest BCUT2D eigenvalue weighted by Gasteiger charge is -2.11. The van der Waals surface area contributed by atoms with Gasteiger partial charge < -0.3 is 5.32 Å². The number of nitrogens with one attached hydrogen (secondary N) is 1. The molecule has 0 aromatic carbocycles. The second-order valence-corrected chi connectivity index (χ2v) is 5.10. The molecule has 2 rings (SSSR count). The van der Waals surface area contributed by atoms with Crippen molar-refractivity contribution >= 4 is 5.82 Å². The molecule has 0 aliphatic heterocycles. The molecule has 4 nitrogen and oxygen atoms in total. The standard InChI is InChI=1S/C16H24N4/c1-5-9-17-16-14(8-7-10-18-16)11-20-13(4)15(6-2)12(3)19-20/h7-8,10H,5-6,9,11H2,1-4H3,(H,17,18). The molecule has 2 aromatic heterocycles. The lowest BCUT2D eigenvalue weighted by atomic mass is 10.1. The van der Waals surface area contributed by atoms with E-state index in [1.54, 1.807) is 0 Å². The largest absolute Gasteiger partial charge is 0.370 e. The number of aryl methyl sites for hydroxylation is 1. The third-order valence-electron chi connectivity index (χ3n) is 3.64. The predicted molar refractivity (Wildman–Crippen MR) is 83.2 cm³/mol. The number of hydrogen-bond acceptors (Lipinski definition) is 3. The van der Waals surface area contributed by atoms with Gasteiger partial charge in [-0.15, -0.1) is 0 Å². The third-order valence-corrected chi connectivity index (χ3v) is 3.64. The Morgan fingerprint density at radius 3 is 2.70 bits per heavy atom. The maximum absolute atomic E-state index is 4.66. The van der Waals surface area contributed by atoms with E-state index in [0.717, 1.165) is 37.4 Å². The van der Waals surface area contributed by atoms with E-state index >= 15 is 0 Å². The number of pyridine rings is 1. The summed E-state index contributed by atoms with van der Waals surface area (Å²) in [6.45, 7) is 10.3. The van der Waals surface area contributed by atoms with Crippen molar-refractivity contribution in [2.75, 3.05) is 11.9 Å². The van der Waals surface area contributed by atoms with E-state index in [-0.39, 0.29) is 0 Å². The Labute approximate surface area is 121 Å². The molecule has 0 unspecified atom stereocenters. The molecule has 0 radical (unpaired) electrons. The first kappa shape index (κ1) is 14.6. The summed E-state index contributed by atoms with van der Waals surface area (Å²) in [5, 5.41) is 8.04. The van der Waals surface area contributed by atoms with Gasteiger partial charge in [-0.05, 0) is 38.3 Å². The van der Waals surface area contributed by atoms with Crippen molar-refractivity contribution in [3.63, 3.8) is 0 Å². The molecule has 0 bridgehead atoms. The van der Waals surface area contributed by atoms with Crippen LogP contribution in [0.1, 0.15) is 42.8 Å². The number of rotatable bonds is 6. The molecule has 0 saturated carbocycles. The van der Waals surface area contributed by atoms with Crippen LogP contribution in [0, 0.1) is 13.8 Å². The molecular formula is C16H24N4. The Hall–Kier alpha value is -1.84. The molecular weight excluding hydrogens is 248 g/mol. The number of hydrogen-bond donors (Lipinski definition) is 1. The SMILES string of the molecule is CCCNc1ncccc1Cn1nc(C)c(CC)c1C. The van der Waals surface area contributed by atoms with Gasteiger partial charge in [0.05, 0.1) is 12.2 Å². The van der Waals surface area contributed by atoms with E-state index in [1.165, 1.54) is 16.8 Å². The van der Waals surface area contributed by atoms with Crippen molar-refractivity contribution in [3.05, 3.63) is 40.8 Å². The highest BCUT2D eigenvalue weighted by Gasteiger charge is 2.11. The highest BCUT2D eigenvalue weighted by molar-refractivity contribution is 5.44. The van der Waals surface area contributed by atoms with Crippen molar-refractivity contribution in [1.29, 1.82) is 0 Å². The average molecular weight is 272 g/mol. The molecule has 0 fully saturated rings. The molecule has 0 aliphatic rings. The van der Waals surface area contributed by atoms with Crippen LogP contribution in [-0.2, 0) is 13.0 Å². The fourth-order valence-electron chi connectivity index (χ4n) is 2.53. The van der Waals surface area contributed by atoms with Crippen LogP contribution in [0.4, 0.5) is 5.82 Å². The Kier molecular flexibility index (Phi) is 4.77. The Morgan fingerprint density at radius 2 is 2.05 bits per heavy atom. The van der Waals surface area contributed by atoms with E-state index in [0.29, 0.717) is 0 Å². The van der Waals surface area contributed by atoms with E-state index in [9.17, 15) is 0 Å². The summed E-state index contributed by atoms with van der Waals surface area (Å²) < 4.78 is 2.09. The zero-order valence-corrected chi connectivity index (χ0v) is 12.9. The molecule has 0 atom stereocenters. The minimum absolute atomic E-state index is 0.770. The van der Waals surface area contributed by atoms with Crippen molar-refractivity contribution in [2.24, 2.45) is 0 Å². The molecule has 108 valence electrons. The summed E-state index contributed by atoms with van der Waals surface area (Å²) in [5.41, 5.74) is 4.94. The molecule has 4 heteroatoms. The van der Waals surface area contributed by atoms with Gasteiger partial charge in [0.2, 0.25) is 0 Å². The maximum Gasteiger partial charge on any atom is 0.131 e. The first-order valence-electron chi connectivity index (χ1n) is 7.38. The number of aromatic nitrogens is 3. The normalized spacial score (nSPS) is 10.8. The van der Waals surface area contributed by atoms with Gasteiger partial charge in [-0.1, -0.05) is 19.9 Å². The van der Waals surface area contributed by atoms with E-state index in [4.69, 9.17) is 0 Å². The second kappa shape index (κ2) is 6.55. The van der Waals surface area contributed by atoms with Gasteiger partial charge in [0.25, 0.3) is 0 Å². The van der Waals surface area contributed by atoms with Gasteiger partial charge in [-0.25, -0.2) is 4.98 Å². The summed E-state index contributed by atoms with van der Waals surface area (Å²) in [5.74, 6) is 0.972. The van der Waals surface area contributed by atoms with Crippen molar-refractivity contribution < 1.29 is 0 Å². The minimum Gasteiger partial charge on any atom is -0.370 e. The van der Waals surface area contributed by atoms with Gasteiger partial charge in [-0.3, -0.25) is 4.68 Å². The Bertz CT molecular complexity index is 572. The molecule has 2 heterocycles. The molecule has 0 aliphatic carbocycles. The van der Waals surface area contributed by atoms with Crippen LogP contribution in [0.3, 0.4) is 0 Å². The maximum atomic E-state index is 4.66. The van der Waals surface area contributed by atoms with Gasteiger partial charge in [0.1, 0.15) is 5.82 Å². The van der Waals surface area contributed by atoms with Crippen LogP contribution in [-0.4, -0.2) is 21.3 Å². The summed E-state index contributed by atoms with van der Waals surface area (Å²) in [4.78, 5) is 4.44. The molecule has 20 heavy (non-hydrogen) atoms. The lowest BCUT2D eigenvalue weighted by molar-refractivity contribution is 0.657. The lowest BCUT2D eigenvalue weighted by Crippen LogP contribution is -2.10. The minimum atomic E-state index is 0.770. The first-order chi connectivity index (χ1) is 9.67. The number of anilines is 1. The van der Waals surface area contributed by atoms with Crippen LogP contribution in [0.5, 0.6) is 0 Å². The van der Waals surface area contributed by atoms with Gasteiger partial charge in [0, 0.05) is 24.0 Å². The Balaban J connectivity index is 2.26. The molecule has 0 saturated heterocycles. The highest BCUT2D eigenvalue weighted by atomic mass is 15.3. The van der Waals surface area contributed by atoms with Crippen LogP contribution in [0.15, 0.2) is 18.3 Å². The van der Waals surface area contributed by atoms with Crippen molar-refractivity contribution in [1.82, 2.24) is 14.8 Å². The number of nitrogens with zero attached hydrogens (tertiary/aromatic N) is 3. The molecule has 0 spiro atoms. The zero-order chi connectivity index (χ0) is 14.5. The average Bonchev–Trinajstić information content (AvgIpc) is 2.72. The Morgan fingerprint density at radius 1 is 1.25 bits per heavy atom. The van der Waals surface area contributed by atoms with Crippen LogP contribution in [0.2, 0.25) is 0 Å². The van der Waals surface area contributed by atoms with Crippen LogP contribution >= 0.6 is 0 Å². The van der Waals surface area contributed by atoms with E-state index in [2.05, 4.69) is 53.8 Å². The third kappa shape index (κ3) is 3.00. The molecule has 1 N–H and O–H groups in total. The summed E-state index contributed by atoms with van der Waals surface area (Å²) in [6, 6.07) is 4.10. The summed E-state index contributed by atoms with van der Waals surface area (Å²) in [6.07, 6.45) is 3.96. The van der Waals surface area contributed by atoms with Crippen molar-refractivity contribution in [3.8, 4) is 0 Å². The molecule has 0 amide bonds. The summed E-state index contributed by atoms with van der Waals surface area (Å²) in [7, 11) is 0. The fourth-order valence-corrected chi connectivity index (χ4v) is 2.53. The van der Waals surface area contributed by atoms with Crippen LogP contribution < -0.4 is 5.32 Å². The van der Waals surface area contributed by atoms with Crippen LogP contribution in [0.25, 0.3) is 0 Å². The van der Waals surface area contributed by atoms with E-state index in [1.807, 2.05) is 12.3 Å². The summed E-state index contributed by atoms with van der Waals surface area (Å²) >= 11 is 0. The van der Waals surface area contributed by atoms with Crippen molar-refractivity contribution in [2.45, 2.75) is 47.1 Å². The highest BCUT2D eigenvalue weighted by Crippen LogP contribution is 2.18. The monoisotopic (exact) mass is 272 g/mol. The first-order valence-corrected chi connectivity index (χ1v) is 7.38. The van der Waals surface area contributed by atoms with E-state index < -0.39 is 0 Å². The van der Waals surface area contributed by atoms with Gasteiger partial charge in [0.15, 0.2) is 0 Å². The van der Waals surface area contributed by atoms with Gasteiger partial charge >= 0.3 is 0 Å². The zero-order valence-electron chi connectivity index (χ0n) is 12.9.